The molecule has 2 nitrogen and oxygen atoms in total. The highest BCUT2D eigenvalue weighted by Gasteiger charge is 2.51. The van der Waals surface area contributed by atoms with Gasteiger partial charge >= 0.3 is 0 Å². The first-order valence-corrected chi connectivity index (χ1v) is 19.8. The molecule has 2 heteroatoms. The van der Waals surface area contributed by atoms with Gasteiger partial charge in [0.15, 0.2) is 0 Å². The highest BCUT2D eigenvalue weighted by Crippen LogP contribution is 2.63. The van der Waals surface area contributed by atoms with E-state index in [0.29, 0.717) is 0 Å². The molecule has 11 aromatic rings. The van der Waals surface area contributed by atoms with Gasteiger partial charge in [-0.2, -0.15) is 0 Å². The van der Waals surface area contributed by atoms with Crippen molar-refractivity contribution in [2.75, 3.05) is 4.90 Å². The van der Waals surface area contributed by atoms with Gasteiger partial charge in [-0.15, -0.1) is 0 Å². The highest BCUT2D eigenvalue weighted by molar-refractivity contribution is 6.26. The van der Waals surface area contributed by atoms with Crippen LogP contribution in [0.25, 0.3) is 76.5 Å². The minimum absolute atomic E-state index is 0.442. The van der Waals surface area contributed by atoms with E-state index in [0.717, 1.165) is 39.0 Å². The molecule has 13 rings (SSSR count). The summed E-state index contributed by atoms with van der Waals surface area (Å²) in [4.78, 5) is 2.43. The topological polar surface area (TPSA) is 16.4 Å². The van der Waals surface area contributed by atoms with E-state index in [1.807, 2.05) is 6.07 Å². The SMILES string of the molecule is c1ccc2c(c1)-c1ccccc1C21c2ccccc2-c2ccc(N(c3ccc4c(c3)oc3ccccc34)c3ccc4c5ccccc5c5ccccc5c4c3)cc21. The lowest BCUT2D eigenvalue weighted by atomic mass is 9.70. The fraction of sp³-hybridized carbons (Fsp3) is 0.0182. The number of hydrogen-bond acceptors (Lipinski definition) is 2. The Kier molecular flexibility index (Phi) is 6.13. The summed E-state index contributed by atoms with van der Waals surface area (Å²) in [6.45, 7) is 0. The van der Waals surface area contributed by atoms with Crippen LogP contribution in [0.1, 0.15) is 22.3 Å². The molecule has 10 aromatic carbocycles. The quantitative estimate of drug-likeness (QED) is 0.169. The molecule has 0 fully saturated rings. The number of hydrogen-bond donors (Lipinski definition) is 0. The van der Waals surface area contributed by atoms with Gasteiger partial charge in [0.05, 0.1) is 5.41 Å². The van der Waals surface area contributed by atoms with Crippen LogP contribution in [0.15, 0.2) is 205 Å². The summed E-state index contributed by atoms with van der Waals surface area (Å²) < 4.78 is 6.53. The van der Waals surface area contributed by atoms with Gasteiger partial charge in [0.1, 0.15) is 11.2 Å². The number of nitrogens with zero attached hydrogens (tertiary/aromatic N) is 1. The van der Waals surface area contributed by atoms with Gasteiger partial charge in [0.25, 0.3) is 0 Å². The molecule has 0 N–H and O–H groups in total. The number of benzene rings is 10. The second kappa shape index (κ2) is 11.3. The van der Waals surface area contributed by atoms with Crippen molar-refractivity contribution in [2.24, 2.45) is 0 Å². The van der Waals surface area contributed by atoms with Crippen LogP contribution in [-0.2, 0) is 5.41 Å². The zero-order chi connectivity index (χ0) is 37.2. The van der Waals surface area contributed by atoms with E-state index in [-0.39, 0.29) is 0 Å². The van der Waals surface area contributed by atoms with Gasteiger partial charge in [0, 0.05) is 33.9 Å². The summed E-state index contributed by atoms with van der Waals surface area (Å²) in [5.41, 5.74) is 15.1. The molecule has 1 spiro atoms. The van der Waals surface area contributed by atoms with Gasteiger partial charge in [0.2, 0.25) is 0 Å². The second-order valence-electron chi connectivity index (χ2n) is 15.6. The molecule has 0 atom stereocenters. The lowest BCUT2D eigenvalue weighted by Crippen LogP contribution is -2.26. The van der Waals surface area contributed by atoms with Crippen molar-refractivity contribution in [2.45, 2.75) is 5.41 Å². The summed E-state index contributed by atoms with van der Waals surface area (Å²) in [7, 11) is 0. The van der Waals surface area contributed by atoms with Crippen LogP contribution in [-0.4, -0.2) is 0 Å². The largest absolute Gasteiger partial charge is 0.456 e. The molecule has 0 saturated heterocycles. The monoisotopic (exact) mass is 723 g/mol. The molecule has 1 heterocycles. The molecular formula is C55H33NO. The fourth-order valence-electron chi connectivity index (χ4n) is 10.6. The average Bonchev–Trinajstić information content (AvgIpc) is 3.90. The third-order valence-electron chi connectivity index (χ3n) is 12.8. The second-order valence-corrected chi connectivity index (χ2v) is 15.6. The summed E-state index contributed by atoms with van der Waals surface area (Å²) in [5, 5.41) is 9.80. The molecule has 0 amide bonds. The van der Waals surface area contributed by atoms with Crippen molar-refractivity contribution in [1.82, 2.24) is 0 Å². The minimum Gasteiger partial charge on any atom is -0.456 e. The Labute approximate surface area is 329 Å². The van der Waals surface area contributed by atoms with Crippen molar-refractivity contribution in [3.05, 3.63) is 222 Å². The molecule has 0 radical (unpaired) electrons. The Morgan fingerprint density at radius 1 is 0.281 bits per heavy atom. The van der Waals surface area contributed by atoms with E-state index < -0.39 is 5.41 Å². The van der Waals surface area contributed by atoms with E-state index in [1.165, 1.54) is 76.8 Å². The summed E-state index contributed by atoms with van der Waals surface area (Å²) in [6.07, 6.45) is 0. The maximum Gasteiger partial charge on any atom is 0.137 e. The lowest BCUT2D eigenvalue weighted by molar-refractivity contribution is 0.669. The summed E-state index contributed by atoms with van der Waals surface area (Å²) in [6, 6.07) is 73.9. The van der Waals surface area contributed by atoms with Gasteiger partial charge in [-0.3, -0.25) is 0 Å². The maximum absolute atomic E-state index is 6.53. The molecule has 0 aliphatic heterocycles. The highest BCUT2D eigenvalue weighted by atomic mass is 16.3. The number of furan rings is 1. The predicted octanol–water partition coefficient (Wildman–Crippen LogP) is 14.9. The maximum atomic E-state index is 6.53. The van der Waals surface area contributed by atoms with Crippen LogP contribution in [0.2, 0.25) is 0 Å². The van der Waals surface area contributed by atoms with Crippen LogP contribution >= 0.6 is 0 Å². The van der Waals surface area contributed by atoms with E-state index in [9.17, 15) is 0 Å². The Hall–Kier alpha value is -7.42. The van der Waals surface area contributed by atoms with Gasteiger partial charge in [-0.1, -0.05) is 152 Å². The van der Waals surface area contributed by atoms with Gasteiger partial charge in [-0.05, 0) is 119 Å². The van der Waals surface area contributed by atoms with E-state index >= 15 is 0 Å². The number of anilines is 3. The van der Waals surface area contributed by atoms with E-state index in [4.69, 9.17) is 4.42 Å². The number of para-hydroxylation sites is 1. The minimum atomic E-state index is -0.442. The third kappa shape index (κ3) is 4.04. The summed E-state index contributed by atoms with van der Waals surface area (Å²) in [5.74, 6) is 0. The standard InChI is InChI=1S/C55H33NO/c1-2-15-39-37(13-1)38-14-3-4-16-40(38)48-31-34(25-28-41(39)48)56(36-27-30-47-46-20-8-12-24-53(46)57-54(47)33-36)35-26-29-45-44-19-7-11-23-51(44)55(52(45)32-35)49-21-9-5-17-42(49)43-18-6-10-22-50(43)55/h1-33H. The zero-order valence-electron chi connectivity index (χ0n) is 30.9. The Bertz CT molecular complexity index is 3400. The molecule has 2 aliphatic carbocycles. The third-order valence-corrected chi connectivity index (χ3v) is 12.8. The normalized spacial score (nSPS) is 13.4. The van der Waals surface area contributed by atoms with Crippen LogP contribution in [0.5, 0.6) is 0 Å². The number of rotatable bonds is 3. The van der Waals surface area contributed by atoms with Crippen molar-refractivity contribution >= 4 is 71.3 Å². The first-order valence-electron chi connectivity index (χ1n) is 19.8. The molecular weight excluding hydrogens is 691 g/mol. The Morgan fingerprint density at radius 3 is 1.30 bits per heavy atom. The average molecular weight is 724 g/mol. The molecule has 0 bridgehead atoms. The van der Waals surface area contributed by atoms with E-state index in [1.54, 1.807) is 0 Å². The predicted molar refractivity (Wildman–Crippen MR) is 237 cm³/mol. The molecule has 264 valence electrons. The summed E-state index contributed by atoms with van der Waals surface area (Å²) >= 11 is 0. The molecule has 2 aliphatic rings. The lowest BCUT2D eigenvalue weighted by Gasteiger charge is -2.32. The fourth-order valence-corrected chi connectivity index (χ4v) is 10.6. The number of fused-ring (bicyclic) bond motifs is 19. The molecule has 0 unspecified atom stereocenters. The van der Waals surface area contributed by atoms with Crippen LogP contribution in [0, 0.1) is 0 Å². The van der Waals surface area contributed by atoms with Crippen molar-refractivity contribution in [3.63, 3.8) is 0 Å². The van der Waals surface area contributed by atoms with Crippen LogP contribution in [0.3, 0.4) is 0 Å². The first-order chi connectivity index (χ1) is 28.3. The van der Waals surface area contributed by atoms with E-state index in [2.05, 4.69) is 199 Å². The zero-order valence-corrected chi connectivity index (χ0v) is 30.9. The van der Waals surface area contributed by atoms with Crippen molar-refractivity contribution in [3.8, 4) is 22.3 Å². The smallest absolute Gasteiger partial charge is 0.137 e. The Morgan fingerprint density at radius 2 is 0.684 bits per heavy atom. The molecule has 57 heavy (non-hydrogen) atoms. The van der Waals surface area contributed by atoms with Crippen molar-refractivity contribution in [1.29, 1.82) is 0 Å². The van der Waals surface area contributed by atoms with Crippen LogP contribution < -0.4 is 4.90 Å². The van der Waals surface area contributed by atoms with Gasteiger partial charge in [-0.25, -0.2) is 0 Å². The first kappa shape index (κ1) is 30.9. The molecule has 0 saturated carbocycles. The van der Waals surface area contributed by atoms with Gasteiger partial charge < -0.3 is 9.32 Å². The van der Waals surface area contributed by atoms with Crippen LogP contribution in [0.4, 0.5) is 17.1 Å². The van der Waals surface area contributed by atoms with Crippen molar-refractivity contribution < 1.29 is 4.42 Å². The Balaban J connectivity index is 1.11. The molecule has 1 aromatic heterocycles.